The summed E-state index contributed by atoms with van der Waals surface area (Å²) in [7, 11) is 0. The van der Waals surface area contributed by atoms with E-state index in [2.05, 4.69) is 4.90 Å². The first-order chi connectivity index (χ1) is 11.8. The van der Waals surface area contributed by atoms with E-state index >= 15 is 0 Å². The molecule has 0 N–H and O–H groups in total. The van der Waals surface area contributed by atoms with Gasteiger partial charge >= 0.3 is 0 Å². The molecule has 1 saturated heterocycles. The summed E-state index contributed by atoms with van der Waals surface area (Å²) in [6, 6.07) is 7.36. The minimum absolute atomic E-state index is 0.168. The maximum absolute atomic E-state index is 13.5. The molecule has 3 rings (SSSR count). The van der Waals surface area contributed by atoms with E-state index in [1.165, 1.54) is 44.6 Å². The van der Waals surface area contributed by atoms with Crippen LogP contribution in [0.5, 0.6) is 0 Å². The lowest BCUT2D eigenvalue weighted by Crippen LogP contribution is -2.40. The molecule has 2 fully saturated rings. The van der Waals surface area contributed by atoms with Gasteiger partial charge in [0.25, 0.3) is 0 Å². The third-order valence-electron chi connectivity index (χ3n) is 5.67. The van der Waals surface area contributed by atoms with Crippen LogP contribution in [0, 0.1) is 11.7 Å². The molecular formula is C20H29FN2O. The molecule has 1 atom stereocenters. The Morgan fingerprint density at radius 3 is 2.75 bits per heavy atom. The molecular weight excluding hydrogens is 303 g/mol. The van der Waals surface area contributed by atoms with Gasteiger partial charge in [0.05, 0.1) is 0 Å². The Balaban J connectivity index is 1.52. The van der Waals surface area contributed by atoms with Crippen LogP contribution < -0.4 is 4.90 Å². The standard InChI is InChI=1S/C20H29FN2O/c21-18-7-4-10-20(14-18)22-12-5-6-17(15-22)11-13-23(16-24)19-8-2-1-3-9-19/h4,7,10,14,16-17,19H,1-3,5-6,8-9,11-13,15H2. The van der Waals surface area contributed by atoms with Crippen LogP contribution in [0.15, 0.2) is 24.3 Å². The molecule has 1 saturated carbocycles. The van der Waals surface area contributed by atoms with Crippen LogP contribution >= 0.6 is 0 Å². The van der Waals surface area contributed by atoms with Crippen LogP contribution in [0.3, 0.4) is 0 Å². The maximum atomic E-state index is 13.5. The SMILES string of the molecule is O=CN(CCC1CCCN(c2cccc(F)c2)C1)C1CCCCC1. The van der Waals surface area contributed by atoms with Crippen LogP contribution in [0.4, 0.5) is 10.1 Å². The third kappa shape index (κ3) is 4.49. The number of carbonyl (C=O) groups excluding carboxylic acids is 1. The van der Waals surface area contributed by atoms with Crippen LogP contribution in [-0.4, -0.2) is 37.0 Å². The number of hydrogen-bond donors (Lipinski definition) is 0. The summed E-state index contributed by atoms with van der Waals surface area (Å²) in [5.74, 6) is 0.423. The topological polar surface area (TPSA) is 23.6 Å². The Morgan fingerprint density at radius 2 is 2.00 bits per heavy atom. The molecule has 24 heavy (non-hydrogen) atoms. The van der Waals surface area contributed by atoms with Crippen molar-refractivity contribution in [3.63, 3.8) is 0 Å². The van der Waals surface area contributed by atoms with Crippen molar-refractivity contribution in [2.24, 2.45) is 5.92 Å². The molecule has 4 heteroatoms. The van der Waals surface area contributed by atoms with Crippen LogP contribution in [0.1, 0.15) is 51.4 Å². The fourth-order valence-electron chi connectivity index (χ4n) is 4.27. The van der Waals surface area contributed by atoms with E-state index in [4.69, 9.17) is 0 Å². The van der Waals surface area contributed by atoms with Gasteiger partial charge in [0.2, 0.25) is 6.41 Å². The Labute approximate surface area is 144 Å². The van der Waals surface area contributed by atoms with Crippen molar-refractivity contribution in [2.45, 2.75) is 57.4 Å². The molecule has 2 aliphatic rings. The predicted molar refractivity (Wildman–Crippen MR) is 95.6 cm³/mol. The van der Waals surface area contributed by atoms with Gasteiger partial charge in [-0.3, -0.25) is 4.79 Å². The summed E-state index contributed by atoms with van der Waals surface area (Å²) in [5, 5.41) is 0. The van der Waals surface area contributed by atoms with Crippen molar-refractivity contribution in [1.82, 2.24) is 4.90 Å². The molecule has 0 aromatic heterocycles. The number of nitrogens with zero attached hydrogens (tertiary/aromatic N) is 2. The van der Waals surface area contributed by atoms with Crippen molar-refractivity contribution in [1.29, 1.82) is 0 Å². The van der Waals surface area contributed by atoms with Gasteiger partial charge in [-0.05, 0) is 56.2 Å². The monoisotopic (exact) mass is 332 g/mol. The molecule has 1 unspecified atom stereocenters. The lowest BCUT2D eigenvalue weighted by Gasteiger charge is -2.36. The summed E-state index contributed by atoms with van der Waals surface area (Å²) in [6.45, 7) is 2.84. The van der Waals surface area contributed by atoms with Crippen molar-refractivity contribution in [2.75, 3.05) is 24.5 Å². The lowest BCUT2D eigenvalue weighted by molar-refractivity contribution is -0.121. The van der Waals surface area contributed by atoms with Crippen LogP contribution in [0.25, 0.3) is 0 Å². The van der Waals surface area contributed by atoms with Gasteiger partial charge in [-0.1, -0.05) is 25.3 Å². The minimum Gasteiger partial charge on any atom is -0.371 e. The van der Waals surface area contributed by atoms with Crippen LogP contribution in [-0.2, 0) is 4.79 Å². The fraction of sp³-hybridized carbons (Fsp3) is 0.650. The highest BCUT2D eigenvalue weighted by molar-refractivity contribution is 5.48. The second-order valence-corrected chi connectivity index (χ2v) is 7.36. The second kappa shape index (κ2) is 8.50. The van der Waals surface area contributed by atoms with E-state index in [1.54, 1.807) is 12.1 Å². The van der Waals surface area contributed by atoms with E-state index in [1.807, 2.05) is 11.0 Å². The van der Waals surface area contributed by atoms with Crippen molar-refractivity contribution in [3.8, 4) is 0 Å². The number of piperidine rings is 1. The van der Waals surface area contributed by atoms with Crippen LogP contribution in [0.2, 0.25) is 0 Å². The molecule has 132 valence electrons. The predicted octanol–water partition coefficient (Wildman–Crippen LogP) is 4.22. The normalized spacial score (nSPS) is 22.4. The number of anilines is 1. The number of amides is 1. The lowest BCUT2D eigenvalue weighted by atomic mass is 9.92. The summed E-state index contributed by atoms with van der Waals surface area (Å²) in [4.78, 5) is 15.8. The van der Waals surface area contributed by atoms with E-state index in [0.29, 0.717) is 12.0 Å². The third-order valence-corrected chi connectivity index (χ3v) is 5.67. The minimum atomic E-state index is -0.168. The average molecular weight is 332 g/mol. The molecule has 1 heterocycles. The summed E-state index contributed by atoms with van der Waals surface area (Å²) >= 11 is 0. The zero-order chi connectivity index (χ0) is 16.8. The Hall–Kier alpha value is -1.58. The highest BCUT2D eigenvalue weighted by atomic mass is 19.1. The smallest absolute Gasteiger partial charge is 0.209 e. The van der Waals surface area contributed by atoms with Crippen molar-refractivity contribution in [3.05, 3.63) is 30.1 Å². The Kier molecular flexibility index (Phi) is 6.11. The van der Waals surface area contributed by atoms with E-state index in [0.717, 1.165) is 44.6 Å². The highest BCUT2D eigenvalue weighted by Gasteiger charge is 2.24. The molecule has 1 aliphatic heterocycles. The summed E-state index contributed by atoms with van der Waals surface area (Å²) < 4.78 is 13.5. The second-order valence-electron chi connectivity index (χ2n) is 7.36. The highest BCUT2D eigenvalue weighted by Crippen LogP contribution is 2.27. The molecule has 1 aliphatic carbocycles. The zero-order valence-corrected chi connectivity index (χ0v) is 14.5. The zero-order valence-electron chi connectivity index (χ0n) is 14.5. The van der Waals surface area contributed by atoms with Crippen molar-refractivity contribution < 1.29 is 9.18 Å². The maximum Gasteiger partial charge on any atom is 0.209 e. The number of rotatable bonds is 6. The molecule has 0 bridgehead atoms. The van der Waals surface area contributed by atoms with E-state index in [-0.39, 0.29) is 5.82 Å². The molecule has 1 aromatic rings. The first-order valence-corrected chi connectivity index (χ1v) is 9.48. The number of carbonyl (C=O) groups is 1. The van der Waals surface area contributed by atoms with Gasteiger partial charge in [0, 0.05) is 31.4 Å². The quantitative estimate of drug-likeness (QED) is 0.728. The van der Waals surface area contributed by atoms with E-state index in [9.17, 15) is 9.18 Å². The summed E-state index contributed by atoms with van der Waals surface area (Å²) in [5.41, 5.74) is 0.985. The largest absolute Gasteiger partial charge is 0.371 e. The average Bonchev–Trinajstić information content (AvgIpc) is 2.63. The van der Waals surface area contributed by atoms with Gasteiger partial charge in [0.1, 0.15) is 5.82 Å². The summed E-state index contributed by atoms with van der Waals surface area (Å²) in [6.07, 6.45) is 10.6. The number of halogens is 1. The fourth-order valence-corrected chi connectivity index (χ4v) is 4.27. The molecule has 1 amide bonds. The first kappa shape index (κ1) is 17.2. The Bertz CT molecular complexity index is 530. The van der Waals surface area contributed by atoms with Gasteiger partial charge in [-0.25, -0.2) is 4.39 Å². The molecule has 0 radical (unpaired) electrons. The van der Waals surface area contributed by atoms with E-state index < -0.39 is 0 Å². The molecule has 3 nitrogen and oxygen atoms in total. The molecule has 0 spiro atoms. The first-order valence-electron chi connectivity index (χ1n) is 9.48. The van der Waals surface area contributed by atoms with Gasteiger partial charge in [0.15, 0.2) is 0 Å². The van der Waals surface area contributed by atoms with Gasteiger partial charge in [-0.15, -0.1) is 0 Å². The van der Waals surface area contributed by atoms with Gasteiger partial charge in [-0.2, -0.15) is 0 Å². The Morgan fingerprint density at radius 1 is 1.17 bits per heavy atom. The molecule has 1 aromatic carbocycles. The van der Waals surface area contributed by atoms with Crippen molar-refractivity contribution >= 4 is 12.1 Å². The number of benzene rings is 1. The van der Waals surface area contributed by atoms with Gasteiger partial charge < -0.3 is 9.80 Å². The number of hydrogen-bond acceptors (Lipinski definition) is 2.